The summed E-state index contributed by atoms with van der Waals surface area (Å²) < 4.78 is 0. The predicted octanol–water partition coefficient (Wildman–Crippen LogP) is 2.45. The molecule has 0 atom stereocenters. The quantitative estimate of drug-likeness (QED) is 0.830. The van der Waals surface area contributed by atoms with Crippen LogP contribution in [0.25, 0.3) is 6.08 Å². The molecule has 0 fully saturated rings. The van der Waals surface area contributed by atoms with E-state index in [1.807, 2.05) is 0 Å². The molecule has 20 heavy (non-hydrogen) atoms. The first-order valence-electron chi connectivity index (χ1n) is 7.19. The lowest BCUT2D eigenvalue weighted by Gasteiger charge is -2.20. The van der Waals surface area contributed by atoms with Gasteiger partial charge < -0.3 is 11.0 Å². The second-order valence-corrected chi connectivity index (χ2v) is 5.20. The zero-order valence-electron chi connectivity index (χ0n) is 11.5. The maximum absolute atomic E-state index is 5.55. The van der Waals surface area contributed by atoms with Gasteiger partial charge in [0.05, 0.1) is 0 Å². The van der Waals surface area contributed by atoms with Crippen LogP contribution >= 0.6 is 0 Å². The fraction of sp³-hybridized carbons (Fsp3) is 0.176. The van der Waals surface area contributed by atoms with Crippen LogP contribution in [0.15, 0.2) is 54.5 Å². The van der Waals surface area contributed by atoms with Crippen LogP contribution in [0.5, 0.6) is 0 Å². The predicted molar refractivity (Wildman–Crippen MR) is 88.3 cm³/mol. The minimum absolute atomic E-state index is 0.258. The summed E-state index contributed by atoms with van der Waals surface area (Å²) in [5.74, 6) is 2.22. The van der Waals surface area contributed by atoms with Crippen LogP contribution in [-0.2, 0) is 6.42 Å². The summed E-state index contributed by atoms with van der Waals surface area (Å²) in [6, 6.07) is 17.2. The van der Waals surface area contributed by atoms with Crippen LogP contribution in [-0.4, -0.2) is 13.4 Å². The topological polar surface area (TPSA) is 38.0 Å². The molecule has 0 aromatic heterocycles. The summed E-state index contributed by atoms with van der Waals surface area (Å²) in [4.78, 5) is 0. The van der Waals surface area contributed by atoms with Crippen LogP contribution < -0.4 is 16.4 Å². The lowest BCUT2D eigenvalue weighted by Crippen LogP contribution is -2.38. The number of fused-ring (bicyclic) bond motifs is 1. The molecule has 3 rings (SSSR count). The molecule has 0 saturated carbocycles. The van der Waals surface area contributed by atoms with Gasteiger partial charge in [-0.1, -0.05) is 60.0 Å². The Morgan fingerprint density at radius 1 is 1.00 bits per heavy atom. The summed E-state index contributed by atoms with van der Waals surface area (Å²) in [7, 11) is 0. The third kappa shape index (κ3) is 2.78. The Morgan fingerprint density at radius 3 is 2.60 bits per heavy atom. The van der Waals surface area contributed by atoms with E-state index in [0.29, 0.717) is 0 Å². The smallest absolute Gasteiger partial charge is 0.313 e. The van der Waals surface area contributed by atoms with Gasteiger partial charge in [-0.2, -0.15) is 0 Å². The average molecular weight is 262 g/mol. The number of nitrogens with two attached hydrogens (primary N) is 1. The summed E-state index contributed by atoms with van der Waals surface area (Å²) in [6.45, 7) is 1.01. The third-order valence-corrected chi connectivity index (χ3v) is 3.75. The average Bonchev–Trinajstić information content (AvgIpc) is 2.53. The van der Waals surface area contributed by atoms with Gasteiger partial charge in [0, 0.05) is 5.69 Å². The van der Waals surface area contributed by atoms with Crippen molar-refractivity contribution in [3.8, 4) is 0 Å². The number of para-hydroxylation sites is 1. The SMILES string of the molecule is NCCCc1ccc(B2C=Cc3ccccc3N2)cc1. The van der Waals surface area contributed by atoms with Crippen molar-refractivity contribution in [3.05, 3.63) is 65.6 Å². The zero-order chi connectivity index (χ0) is 13.8. The molecule has 1 aliphatic heterocycles. The molecule has 1 aliphatic rings. The highest BCUT2D eigenvalue weighted by Crippen LogP contribution is 2.21. The Labute approximate surface area is 120 Å². The van der Waals surface area contributed by atoms with Gasteiger partial charge in [-0.15, -0.1) is 0 Å². The van der Waals surface area contributed by atoms with Crippen LogP contribution in [0, 0.1) is 0 Å². The number of hydrogen-bond acceptors (Lipinski definition) is 2. The summed E-state index contributed by atoms with van der Waals surface area (Å²) in [5.41, 5.74) is 10.7. The zero-order valence-corrected chi connectivity index (χ0v) is 11.5. The lowest BCUT2D eigenvalue weighted by atomic mass is 9.54. The Hall–Kier alpha value is -2.00. The normalized spacial score (nSPS) is 12.9. The first-order valence-corrected chi connectivity index (χ1v) is 7.19. The van der Waals surface area contributed by atoms with Crippen molar-refractivity contribution in [2.75, 3.05) is 11.8 Å². The molecule has 0 saturated heterocycles. The number of aryl methyl sites for hydroxylation is 1. The molecule has 0 amide bonds. The first-order chi connectivity index (χ1) is 9.86. The van der Waals surface area contributed by atoms with Crippen molar-refractivity contribution in [1.82, 2.24) is 0 Å². The molecule has 2 aromatic rings. The molecule has 0 unspecified atom stereocenters. The molecule has 2 aromatic carbocycles. The first kappa shape index (κ1) is 13.0. The molecule has 2 nitrogen and oxygen atoms in total. The molecule has 0 aliphatic carbocycles. The largest absolute Gasteiger partial charge is 0.420 e. The maximum atomic E-state index is 5.55. The minimum Gasteiger partial charge on any atom is -0.420 e. The van der Waals surface area contributed by atoms with E-state index in [2.05, 4.69) is 65.8 Å². The minimum atomic E-state index is 0.258. The highest BCUT2D eigenvalue weighted by molar-refractivity contribution is 6.81. The Balaban J connectivity index is 1.75. The Morgan fingerprint density at radius 2 is 1.80 bits per heavy atom. The van der Waals surface area contributed by atoms with Crippen LogP contribution in [0.1, 0.15) is 17.5 Å². The molecule has 0 radical (unpaired) electrons. The summed E-state index contributed by atoms with van der Waals surface area (Å²) in [5, 5.41) is 3.57. The van der Waals surface area contributed by atoms with E-state index in [9.17, 15) is 0 Å². The number of rotatable bonds is 4. The van der Waals surface area contributed by atoms with Gasteiger partial charge in [0.15, 0.2) is 0 Å². The van der Waals surface area contributed by atoms with E-state index in [4.69, 9.17) is 5.73 Å². The monoisotopic (exact) mass is 262 g/mol. The van der Waals surface area contributed by atoms with Gasteiger partial charge in [0.25, 0.3) is 0 Å². The van der Waals surface area contributed by atoms with E-state index in [0.717, 1.165) is 19.4 Å². The van der Waals surface area contributed by atoms with Gasteiger partial charge in [0.2, 0.25) is 0 Å². The lowest BCUT2D eigenvalue weighted by molar-refractivity contribution is 0.833. The van der Waals surface area contributed by atoms with Crippen molar-refractivity contribution in [1.29, 1.82) is 0 Å². The fourth-order valence-corrected chi connectivity index (χ4v) is 2.58. The van der Waals surface area contributed by atoms with E-state index in [1.54, 1.807) is 0 Å². The van der Waals surface area contributed by atoms with Crippen LogP contribution in [0.3, 0.4) is 0 Å². The van der Waals surface area contributed by atoms with Gasteiger partial charge >= 0.3 is 6.85 Å². The Bertz CT molecular complexity index is 605. The number of hydrogen-bond donors (Lipinski definition) is 2. The van der Waals surface area contributed by atoms with Crippen molar-refractivity contribution in [3.63, 3.8) is 0 Å². The summed E-state index contributed by atoms with van der Waals surface area (Å²) in [6.07, 6.45) is 4.31. The van der Waals surface area contributed by atoms with E-state index in [-0.39, 0.29) is 6.85 Å². The van der Waals surface area contributed by atoms with Gasteiger partial charge in [-0.25, -0.2) is 0 Å². The third-order valence-electron chi connectivity index (χ3n) is 3.75. The molecule has 3 heteroatoms. The van der Waals surface area contributed by atoms with Crippen LogP contribution in [0.4, 0.5) is 5.69 Å². The highest BCUT2D eigenvalue weighted by Gasteiger charge is 2.18. The Kier molecular flexibility index (Phi) is 3.89. The molecule has 0 bridgehead atoms. The second kappa shape index (κ2) is 5.97. The standard InChI is InChI=1S/C17H19BN2/c19-13-3-4-14-7-9-16(10-8-14)18-12-11-15-5-1-2-6-17(15)20-18/h1-2,5-12,20H,3-4,13,19H2. The van der Waals surface area contributed by atoms with E-state index in [1.165, 1.54) is 22.3 Å². The number of nitrogens with one attached hydrogen (secondary N) is 1. The van der Waals surface area contributed by atoms with Crippen molar-refractivity contribution in [2.45, 2.75) is 12.8 Å². The molecular weight excluding hydrogens is 243 g/mol. The van der Waals surface area contributed by atoms with Crippen LogP contribution in [0.2, 0.25) is 0 Å². The van der Waals surface area contributed by atoms with E-state index < -0.39 is 0 Å². The number of benzene rings is 2. The second-order valence-electron chi connectivity index (χ2n) is 5.20. The fourth-order valence-electron chi connectivity index (χ4n) is 2.58. The van der Waals surface area contributed by atoms with Crippen molar-refractivity contribution >= 4 is 24.1 Å². The molecule has 0 spiro atoms. The highest BCUT2D eigenvalue weighted by atomic mass is 14.8. The summed E-state index contributed by atoms with van der Waals surface area (Å²) >= 11 is 0. The molecule has 3 N–H and O–H groups in total. The van der Waals surface area contributed by atoms with Gasteiger partial charge in [-0.05, 0) is 36.6 Å². The van der Waals surface area contributed by atoms with Gasteiger partial charge in [-0.3, -0.25) is 0 Å². The maximum Gasteiger partial charge on any atom is 0.313 e. The van der Waals surface area contributed by atoms with Gasteiger partial charge in [0.1, 0.15) is 0 Å². The number of anilines is 1. The molecular formula is C17H19BN2. The van der Waals surface area contributed by atoms with E-state index >= 15 is 0 Å². The molecule has 1 heterocycles. The van der Waals surface area contributed by atoms with Crippen molar-refractivity contribution < 1.29 is 0 Å². The van der Waals surface area contributed by atoms with Crippen molar-refractivity contribution in [2.24, 2.45) is 5.73 Å². The molecule has 100 valence electrons.